The Hall–Kier alpha value is -1.46. The minimum Gasteiger partial charge on any atom is -0.488 e. The smallest absolute Gasteiger partial charge is 0.129 e. The molecular weight excluding hydrogens is 329 g/mol. The summed E-state index contributed by atoms with van der Waals surface area (Å²) in [5.41, 5.74) is 7.16. The molecular formula is C14H11BrFNOS. The second-order valence-electron chi connectivity index (χ2n) is 3.88. The molecule has 19 heavy (non-hydrogen) atoms. The number of nitrogens with two attached hydrogens (primary N) is 1. The molecule has 0 saturated heterocycles. The lowest BCUT2D eigenvalue weighted by Crippen LogP contribution is -2.11. The van der Waals surface area contributed by atoms with Crippen LogP contribution in [0.3, 0.4) is 0 Å². The van der Waals surface area contributed by atoms with Gasteiger partial charge in [-0.15, -0.1) is 0 Å². The van der Waals surface area contributed by atoms with Crippen molar-refractivity contribution >= 4 is 33.1 Å². The van der Waals surface area contributed by atoms with Gasteiger partial charge in [-0.05, 0) is 24.3 Å². The third-order valence-corrected chi connectivity index (χ3v) is 3.51. The summed E-state index contributed by atoms with van der Waals surface area (Å²) in [4.78, 5) is 0.286. The van der Waals surface area contributed by atoms with Crippen molar-refractivity contribution in [3.8, 4) is 5.75 Å². The van der Waals surface area contributed by atoms with Crippen molar-refractivity contribution in [1.82, 2.24) is 0 Å². The second-order valence-corrected chi connectivity index (χ2v) is 5.18. The van der Waals surface area contributed by atoms with Gasteiger partial charge in [-0.3, -0.25) is 0 Å². The average molecular weight is 340 g/mol. The van der Waals surface area contributed by atoms with E-state index in [4.69, 9.17) is 22.7 Å². The zero-order valence-electron chi connectivity index (χ0n) is 9.90. The van der Waals surface area contributed by atoms with E-state index < -0.39 is 0 Å². The highest BCUT2D eigenvalue weighted by molar-refractivity contribution is 9.10. The Kier molecular flexibility index (Phi) is 4.50. The first-order valence-corrected chi connectivity index (χ1v) is 6.73. The summed E-state index contributed by atoms with van der Waals surface area (Å²) in [6, 6.07) is 11.7. The van der Waals surface area contributed by atoms with Crippen molar-refractivity contribution in [3.05, 3.63) is 63.9 Å². The molecule has 0 aliphatic rings. The molecule has 0 radical (unpaired) electrons. The molecule has 98 valence electrons. The Labute approximate surface area is 124 Å². The van der Waals surface area contributed by atoms with Gasteiger partial charge in [0.25, 0.3) is 0 Å². The fraction of sp³-hybridized carbons (Fsp3) is 0.0714. The van der Waals surface area contributed by atoms with Gasteiger partial charge >= 0.3 is 0 Å². The maximum Gasteiger partial charge on any atom is 0.129 e. The number of ether oxygens (including phenoxy) is 1. The molecule has 2 rings (SSSR count). The van der Waals surface area contributed by atoms with Gasteiger partial charge in [0.2, 0.25) is 0 Å². The standard InChI is InChI=1S/C14H11BrFNOS/c15-12-7-10(16)6-5-9(12)8-18-13-4-2-1-3-11(13)14(17)19/h1-7H,8H2,(H2,17,19). The molecule has 5 heteroatoms. The molecule has 0 unspecified atom stereocenters. The molecule has 2 aromatic rings. The Bertz CT molecular complexity index is 618. The van der Waals surface area contributed by atoms with Crippen molar-refractivity contribution in [2.24, 2.45) is 5.73 Å². The van der Waals surface area contributed by atoms with Crippen LogP contribution in [0.1, 0.15) is 11.1 Å². The third kappa shape index (κ3) is 3.52. The maximum absolute atomic E-state index is 13.0. The van der Waals surface area contributed by atoms with E-state index in [0.29, 0.717) is 22.4 Å². The number of hydrogen-bond acceptors (Lipinski definition) is 2. The highest BCUT2D eigenvalue weighted by atomic mass is 79.9. The van der Waals surface area contributed by atoms with E-state index >= 15 is 0 Å². The van der Waals surface area contributed by atoms with Gasteiger partial charge in [-0.2, -0.15) is 0 Å². The summed E-state index contributed by atoms with van der Waals surface area (Å²) >= 11 is 8.26. The monoisotopic (exact) mass is 339 g/mol. The third-order valence-electron chi connectivity index (χ3n) is 2.55. The molecule has 0 aromatic heterocycles. The Balaban J connectivity index is 2.17. The molecule has 0 heterocycles. The summed E-state index contributed by atoms with van der Waals surface area (Å²) in [5.74, 6) is 0.324. The van der Waals surface area contributed by atoms with Crippen LogP contribution in [0.4, 0.5) is 4.39 Å². The summed E-state index contributed by atoms with van der Waals surface area (Å²) in [7, 11) is 0. The molecule has 2 nitrogen and oxygen atoms in total. The average Bonchev–Trinajstić information content (AvgIpc) is 2.38. The SMILES string of the molecule is NC(=S)c1ccccc1OCc1ccc(F)cc1Br. The lowest BCUT2D eigenvalue weighted by atomic mass is 10.2. The van der Waals surface area contributed by atoms with Crippen LogP contribution in [-0.4, -0.2) is 4.99 Å². The van der Waals surface area contributed by atoms with E-state index in [-0.39, 0.29) is 10.8 Å². The first-order valence-electron chi connectivity index (χ1n) is 5.53. The highest BCUT2D eigenvalue weighted by Gasteiger charge is 2.07. The lowest BCUT2D eigenvalue weighted by molar-refractivity contribution is 0.305. The summed E-state index contributed by atoms with van der Waals surface area (Å²) < 4.78 is 19.3. The van der Waals surface area contributed by atoms with Crippen LogP contribution >= 0.6 is 28.1 Å². The van der Waals surface area contributed by atoms with Crippen LogP contribution in [0.2, 0.25) is 0 Å². The fourth-order valence-corrected chi connectivity index (χ4v) is 2.22. The minimum atomic E-state index is -0.292. The molecule has 0 saturated carbocycles. The summed E-state index contributed by atoms with van der Waals surface area (Å²) in [6.07, 6.45) is 0. The zero-order valence-corrected chi connectivity index (χ0v) is 12.3. The van der Waals surface area contributed by atoms with Crippen LogP contribution in [0.25, 0.3) is 0 Å². The molecule has 2 aromatic carbocycles. The Morgan fingerprint density at radius 2 is 2.00 bits per heavy atom. The summed E-state index contributed by atoms with van der Waals surface area (Å²) in [6.45, 7) is 0.306. The van der Waals surface area contributed by atoms with Gasteiger partial charge in [0.05, 0.1) is 5.56 Å². The van der Waals surface area contributed by atoms with Crippen molar-refractivity contribution in [2.45, 2.75) is 6.61 Å². The maximum atomic E-state index is 13.0. The fourth-order valence-electron chi connectivity index (χ4n) is 1.59. The van der Waals surface area contributed by atoms with Crippen molar-refractivity contribution in [1.29, 1.82) is 0 Å². The minimum absolute atomic E-state index is 0.286. The van der Waals surface area contributed by atoms with Crippen molar-refractivity contribution < 1.29 is 9.13 Å². The van der Waals surface area contributed by atoms with E-state index in [1.54, 1.807) is 18.2 Å². The normalized spacial score (nSPS) is 10.2. The molecule has 0 fully saturated rings. The van der Waals surface area contributed by atoms with Crippen LogP contribution < -0.4 is 10.5 Å². The van der Waals surface area contributed by atoms with Gasteiger partial charge in [0.1, 0.15) is 23.2 Å². The number of rotatable bonds is 4. The van der Waals surface area contributed by atoms with E-state index in [1.807, 2.05) is 12.1 Å². The number of para-hydroxylation sites is 1. The van der Waals surface area contributed by atoms with Gasteiger partial charge in [-0.25, -0.2) is 4.39 Å². The second kappa shape index (κ2) is 6.12. The molecule has 0 bridgehead atoms. The molecule has 0 atom stereocenters. The lowest BCUT2D eigenvalue weighted by Gasteiger charge is -2.11. The first-order chi connectivity index (χ1) is 9.08. The molecule has 0 aliphatic carbocycles. The van der Waals surface area contributed by atoms with E-state index in [1.165, 1.54) is 12.1 Å². The van der Waals surface area contributed by atoms with Crippen LogP contribution in [-0.2, 0) is 6.61 Å². The van der Waals surface area contributed by atoms with Gasteiger partial charge in [0.15, 0.2) is 0 Å². The van der Waals surface area contributed by atoms with Crippen molar-refractivity contribution in [3.63, 3.8) is 0 Å². The predicted molar refractivity (Wildman–Crippen MR) is 80.8 cm³/mol. The Morgan fingerprint density at radius 3 is 2.68 bits per heavy atom. The highest BCUT2D eigenvalue weighted by Crippen LogP contribution is 2.22. The van der Waals surface area contributed by atoms with E-state index in [2.05, 4.69) is 15.9 Å². The largest absolute Gasteiger partial charge is 0.488 e. The van der Waals surface area contributed by atoms with Crippen LogP contribution in [0.15, 0.2) is 46.9 Å². The Morgan fingerprint density at radius 1 is 1.26 bits per heavy atom. The number of benzene rings is 2. The quantitative estimate of drug-likeness (QED) is 0.860. The van der Waals surface area contributed by atoms with Crippen LogP contribution in [0.5, 0.6) is 5.75 Å². The topological polar surface area (TPSA) is 35.2 Å². The summed E-state index contributed by atoms with van der Waals surface area (Å²) in [5, 5.41) is 0. The van der Waals surface area contributed by atoms with Gasteiger partial charge < -0.3 is 10.5 Å². The molecule has 0 spiro atoms. The van der Waals surface area contributed by atoms with E-state index in [0.717, 1.165) is 5.56 Å². The van der Waals surface area contributed by atoms with Crippen LogP contribution in [0, 0.1) is 5.82 Å². The predicted octanol–water partition coefficient (Wildman–Crippen LogP) is 3.80. The zero-order chi connectivity index (χ0) is 13.8. The number of hydrogen-bond donors (Lipinski definition) is 1. The number of thiocarbonyl (C=S) groups is 1. The van der Waals surface area contributed by atoms with Gasteiger partial charge in [0, 0.05) is 10.0 Å². The molecule has 0 amide bonds. The van der Waals surface area contributed by atoms with Gasteiger partial charge in [-0.1, -0.05) is 46.3 Å². The first kappa shape index (κ1) is 14.0. The van der Waals surface area contributed by atoms with E-state index in [9.17, 15) is 4.39 Å². The van der Waals surface area contributed by atoms with Crippen molar-refractivity contribution in [2.75, 3.05) is 0 Å². The molecule has 2 N–H and O–H groups in total. The number of halogens is 2. The molecule has 0 aliphatic heterocycles.